The number of nitrogens with one attached hydrogen (secondary N) is 3. The number of ether oxygens (including phenoxy) is 3. The van der Waals surface area contributed by atoms with Crippen molar-refractivity contribution in [2.24, 2.45) is 11.8 Å². The van der Waals surface area contributed by atoms with Crippen LogP contribution in [0.3, 0.4) is 0 Å². The van der Waals surface area contributed by atoms with Crippen LogP contribution >= 0.6 is 0 Å². The third-order valence-corrected chi connectivity index (χ3v) is 12.0. The van der Waals surface area contributed by atoms with E-state index in [2.05, 4.69) is 21.9 Å². The van der Waals surface area contributed by atoms with E-state index in [1.807, 2.05) is 48.5 Å². The van der Waals surface area contributed by atoms with Crippen molar-refractivity contribution in [3.63, 3.8) is 0 Å². The van der Waals surface area contributed by atoms with Crippen LogP contribution in [0, 0.1) is 11.8 Å². The summed E-state index contributed by atoms with van der Waals surface area (Å²) in [6.07, 6.45) is 4.55. The number of nitrogens with zero attached hydrogens (tertiary/aromatic N) is 1. The third-order valence-electron chi connectivity index (χ3n) is 10.2. The Hall–Kier alpha value is -4.43. The van der Waals surface area contributed by atoms with Gasteiger partial charge in [0.15, 0.2) is 0 Å². The standard InChI is InChI=1S/C38H48N4O9S/c1-4-27-21-38(27,36(45)41-52(47,48)30-15-16-30)40-34(43)31-20-29-22-42(31)35(44)33(24(2)3)39-37(46)49-18-10-6-7-11-25-14-17-32(26(19-25)23-50-29)51-28-12-8-5-9-13-28/h4-5,8-9,12-14,17,19,24,27,29-31,33H,1,6-7,10-11,15-16,18,20-23H2,2-3H3,(H,39,46)(H,40,43)(H,41,45)/t27?,29-,31+,33+,38-/m1/s1. The van der Waals surface area contributed by atoms with E-state index < -0.39 is 68.7 Å². The number of aryl methyl sites for hydroxylation is 1. The Labute approximate surface area is 304 Å². The Morgan fingerprint density at radius 1 is 1.10 bits per heavy atom. The van der Waals surface area contributed by atoms with Crippen LogP contribution < -0.4 is 20.1 Å². The van der Waals surface area contributed by atoms with Gasteiger partial charge in [0.1, 0.15) is 29.1 Å². The van der Waals surface area contributed by atoms with Gasteiger partial charge in [0.25, 0.3) is 5.91 Å². The van der Waals surface area contributed by atoms with Crippen molar-refractivity contribution in [1.82, 2.24) is 20.3 Å². The van der Waals surface area contributed by atoms with Crippen LogP contribution in [0.4, 0.5) is 4.79 Å². The molecule has 4 bridgehead atoms. The number of amides is 4. The first-order valence-corrected chi connectivity index (χ1v) is 19.7. The van der Waals surface area contributed by atoms with E-state index in [9.17, 15) is 27.6 Å². The summed E-state index contributed by atoms with van der Waals surface area (Å²) in [5.41, 5.74) is 0.375. The van der Waals surface area contributed by atoms with Gasteiger partial charge in [-0.1, -0.05) is 44.2 Å². The van der Waals surface area contributed by atoms with Gasteiger partial charge in [0.05, 0.1) is 24.6 Å². The van der Waals surface area contributed by atoms with Crippen molar-refractivity contribution < 1.29 is 41.8 Å². The zero-order valence-electron chi connectivity index (χ0n) is 29.7. The van der Waals surface area contributed by atoms with Crippen LogP contribution in [0.25, 0.3) is 0 Å². The SMILES string of the molecule is C=CC1C[C@]1(NC(=O)[C@@H]1C[C@@H]2CN1C(=O)[C@H](C(C)C)NC(=O)OCCCCCc1ccc(Oc3ccccc3)c(c1)CO2)C(=O)NS(=O)(=O)C1CC1. The normalized spacial score (nSPS) is 27.0. The maximum absolute atomic E-state index is 14.2. The second-order valence-corrected chi connectivity index (χ2v) is 16.5. The molecular weight excluding hydrogens is 689 g/mol. The number of carbonyl (C=O) groups is 4. The van der Waals surface area contributed by atoms with E-state index in [0.717, 1.165) is 30.4 Å². The monoisotopic (exact) mass is 736 g/mol. The Balaban J connectivity index is 1.27. The summed E-state index contributed by atoms with van der Waals surface area (Å²) in [5, 5.41) is 4.87. The Kier molecular flexibility index (Phi) is 11.2. The van der Waals surface area contributed by atoms with E-state index in [-0.39, 0.29) is 38.5 Å². The van der Waals surface area contributed by atoms with Crippen LogP contribution in [-0.4, -0.2) is 79.3 Å². The van der Waals surface area contributed by atoms with Crippen LogP contribution in [0.1, 0.15) is 69.9 Å². The van der Waals surface area contributed by atoms with Gasteiger partial charge in [0.2, 0.25) is 21.8 Å². The van der Waals surface area contributed by atoms with Gasteiger partial charge in [-0.15, -0.1) is 6.58 Å². The Morgan fingerprint density at radius 3 is 2.56 bits per heavy atom. The summed E-state index contributed by atoms with van der Waals surface area (Å²) >= 11 is 0. The van der Waals surface area contributed by atoms with Gasteiger partial charge in [-0.3, -0.25) is 19.1 Å². The van der Waals surface area contributed by atoms with Crippen molar-refractivity contribution in [3.05, 3.63) is 72.3 Å². The molecule has 2 aliphatic heterocycles. The lowest BCUT2D eigenvalue weighted by Gasteiger charge is -2.31. The van der Waals surface area contributed by atoms with Crippen LogP contribution in [-0.2, 0) is 46.9 Å². The first-order chi connectivity index (χ1) is 24.9. The van der Waals surface area contributed by atoms with E-state index in [0.29, 0.717) is 30.8 Å². The number of carbonyl (C=O) groups excluding carboxylic acids is 4. The highest BCUT2D eigenvalue weighted by Gasteiger charge is 2.62. The summed E-state index contributed by atoms with van der Waals surface area (Å²) < 4.78 is 45.6. The molecule has 13 nitrogen and oxygen atoms in total. The fourth-order valence-corrected chi connectivity index (χ4v) is 8.25. The van der Waals surface area contributed by atoms with Gasteiger partial charge in [-0.25, -0.2) is 13.2 Å². The minimum absolute atomic E-state index is 0.0333. The molecule has 4 aliphatic rings. The van der Waals surface area contributed by atoms with Crippen LogP contribution in [0.15, 0.2) is 61.2 Å². The minimum Gasteiger partial charge on any atom is -0.457 e. The molecule has 4 amide bonds. The van der Waals surface area contributed by atoms with Crippen LogP contribution in [0.2, 0.25) is 0 Å². The fourth-order valence-electron chi connectivity index (χ4n) is 6.89. The number of fused-ring (bicyclic) bond motifs is 4. The van der Waals surface area contributed by atoms with Crippen molar-refractivity contribution >= 4 is 33.8 Å². The first kappa shape index (κ1) is 37.3. The Bertz CT molecular complexity index is 1780. The zero-order valence-corrected chi connectivity index (χ0v) is 30.5. The average Bonchev–Trinajstić information content (AvgIpc) is 4.05. The average molecular weight is 737 g/mol. The first-order valence-electron chi connectivity index (χ1n) is 18.1. The minimum atomic E-state index is -3.88. The van der Waals surface area contributed by atoms with Crippen LogP contribution in [0.5, 0.6) is 11.5 Å². The van der Waals surface area contributed by atoms with Crippen molar-refractivity contribution in [3.8, 4) is 11.5 Å². The lowest BCUT2D eigenvalue weighted by atomic mass is 10.0. The molecule has 1 unspecified atom stereocenters. The van der Waals surface area contributed by atoms with Gasteiger partial charge in [-0.2, -0.15) is 0 Å². The molecule has 3 fully saturated rings. The molecule has 0 radical (unpaired) electrons. The van der Waals surface area contributed by atoms with Gasteiger partial charge < -0.3 is 29.7 Å². The molecule has 3 N–H and O–H groups in total. The number of benzene rings is 2. The molecule has 2 aliphatic carbocycles. The highest BCUT2D eigenvalue weighted by atomic mass is 32.2. The van der Waals surface area contributed by atoms with Gasteiger partial charge in [-0.05, 0) is 80.7 Å². The lowest BCUT2D eigenvalue weighted by Crippen LogP contribution is -2.59. The molecule has 2 heterocycles. The number of hydrogen-bond donors (Lipinski definition) is 3. The van der Waals surface area contributed by atoms with E-state index in [1.165, 1.54) is 11.0 Å². The van der Waals surface area contributed by atoms with Crippen molar-refractivity contribution in [2.45, 2.75) is 101 Å². The molecule has 5 atom stereocenters. The van der Waals surface area contributed by atoms with E-state index in [4.69, 9.17) is 14.2 Å². The molecule has 14 heteroatoms. The second-order valence-electron chi connectivity index (χ2n) is 14.5. The summed E-state index contributed by atoms with van der Waals surface area (Å²) in [6, 6.07) is 13.3. The number of sulfonamides is 1. The topological polar surface area (TPSA) is 169 Å². The highest BCUT2D eigenvalue weighted by Crippen LogP contribution is 2.45. The van der Waals surface area contributed by atoms with E-state index >= 15 is 0 Å². The fraction of sp³-hybridized carbons (Fsp3) is 0.526. The quantitative estimate of drug-likeness (QED) is 0.321. The largest absolute Gasteiger partial charge is 0.457 e. The van der Waals surface area contributed by atoms with Crippen molar-refractivity contribution in [1.29, 1.82) is 0 Å². The smallest absolute Gasteiger partial charge is 0.407 e. The molecule has 52 heavy (non-hydrogen) atoms. The molecule has 0 aromatic heterocycles. The maximum Gasteiger partial charge on any atom is 0.407 e. The predicted molar refractivity (Wildman–Crippen MR) is 192 cm³/mol. The summed E-state index contributed by atoms with van der Waals surface area (Å²) in [7, 11) is -3.88. The second kappa shape index (κ2) is 15.7. The maximum atomic E-state index is 14.2. The summed E-state index contributed by atoms with van der Waals surface area (Å²) in [5.74, 6) is -1.51. The molecule has 1 saturated heterocycles. The predicted octanol–water partition coefficient (Wildman–Crippen LogP) is 4.11. The summed E-state index contributed by atoms with van der Waals surface area (Å²) in [4.78, 5) is 56.0. The summed E-state index contributed by atoms with van der Waals surface area (Å²) in [6.45, 7) is 7.70. The van der Waals surface area contributed by atoms with E-state index in [1.54, 1.807) is 13.8 Å². The highest BCUT2D eigenvalue weighted by molar-refractivity contribution is 7.91. The molecule has 6 rings (SSSR count). The van der Waals surface area contributed by atoms with Gasteiger partial charge in [0, 0.05) is 24.4 Å². The zero-order chi connectivity index (χ0) is 37.0. The molecule has 280 valence electrons. The molecular formula is C38H48N4O9S. The molecule has 2 aromatic rings. The molecule has 2 saturated carbocycles. The third kappa shape index (κ3) is 8.60. The molecule has 2 aromatic carbocycles. The Morgan fingerprint density at radius 2 is 1.87 bits per heavy atom. The number of cyclic esters (lactones) is 1. The number of alkyl carbamates (subject to hydrolysis) is 1. The molecule has 0 spiro atoms. The number of hydrogen-bond acceptors (Lipinski definition) is 9. The van der Waals surface area contributed by atoms with Gasteiger partial charge >= 0.3 is 6.09 Å². The number of rotatable bonds is 9. The number of para-hydroxylation sites is 1. The van der Waals surface area contributed by atoms with Crippen molar-refractivity contribution in [2.75, 3.05) is 13.2 Å². The lowest BCUT2D eigenvalue weighted by molar-refractivity contribution is -0.141.